The molecule has 2 aromatic carbocycles. The monoisotopic (exact) mass is 251 g/mol. The van der Waals surface area contributed by atoms with E-state index in [2.05, 4.69) is 4.74 Å². The van der Waals surface area contributed by atoms with E-state index in [9.17, 15) is 13.2 Å². The highest BCUT2D eigenvalue weighted by Gasteiger charge is 2.32. The van der Waals surface area contributed by atoms with Gasteiger partial charge in [0.05, 0.1) is 12.5 Å². The second kappa shape index (κ2) is 4.57. The first-order valence-corrected chi connectivity index (χ1v) is 5.14. The summed E-state index contributed by atoms with van der Waals surface area (Å²) < 4.78 is 40.7. The van der Waals surface area contributed by atoms with Crippen LogP contribution < -0.4 is 4.74 Å². The van der Waals surface area contributed by atoms with Crippen LogP contribution in [0.5, 0.6) is 5.75 Å². The number of alkyl halides is 3. The van der Waals surface area contributed by atoms with Crippen molar-refractivity contribution in [2.45, 2.75) is 12.8 Å². The average molecular weight is 251 g/mol. The third kappa shape index (κ3) is 2.54. The van der Waals surface area contributed by atoms with Gasteiger partial charge in [0.1, 0.15) is 5.75 Å². The average Bonchev–Trinajstić information content (AvgIpc) is 2.31. The molecule has 0 aliphatic carbocycles. The first kappa shape index (κ1) is 12.2. The van der Waals surface area contributed by atoms with Crippen molar-refractivity contribution in [3.05, 3.63) is 42.0 Å². The molecular weight excluding hydrogens is 243 g/mol. The summed E-state index contributed by atoms with van der Waals surface area (Å²) in [5, 5.41) is 10.1. The van der Waals surface area contributed by atoms with Crippen molar-refractivity contribution in [2.75, 3.05) is 0 Å². The number of benzene rings is 2. The van der Waals surface area contributed by atoms with E-state index < -0.39 is 6.36 Å². The molecule has 0 fully saturated rings. The first-order valence-electron chi connectivity index (χ1n) is 5.14. The van der Waals surface area contributed by atoms with Gasteiger partial charge in [-0.1, -0.05) is 30.3 Å². The highest BCUT2D eigenvalue weighted by Crippen LogP contribution is 2.32. The number of halogens is 3. The van der Waals surface area contributed by atoms with Crippen LogP contribution in [-0.2, 0) is 6.42 Å². The van der Waals surface area contributed by atoms with Gasteiger partial charge in [0.2, 0.25) is 0 Å². The van der Waals surface area contributed by atoms with Crippen LogP contribution in [-0.4, -0.2) is 6.36 Å². The SMILES string of the molecule is N#CCc1c(OC(F)(F)F)ccc2ccccc12. The molecule has 0 unspecified atom stereocenters. The Bertz CT molecular complexity index is 614. The van der Waals surface area contributed by atoms with Crippen molar-refractivity contribution >= 4 is 10.8 Å². The Balaban J connectivity index is 2.60. The van der Waals surface area contributed by atoms with Gasteiger partial charge >= 0.3 is 6.36 Å². The van der Waals surface area contributed by atoms with E-state index in [0.29, 0.717) is 5.39 Å². The van der Waals surface area contributed by atoms with Crippen LogP contribution in [0.15, 0.2) is 36.4 Å². The number of nitrogens with zero attached hydrogens (tertiary/aromatic N) is 1. The van der Waals surface area contributed by atoms with Crippen molar-refractivity contribution in [1.29, 1.82) is 5.26 Å². The molecule has 0 aromatic heterocycles. The lowest BCUT2D eigenvalue weighted by atomic mass is 10.0. The second-order valence-electron chi connectivity index (χ2n) is 3.65. The molecule has 5 heteroatoms. The smallest absolute Gasteiger partial charge is 0.405 e. The Morgan fingerprint density at radius 2 is 1.83 bits per heavy atom. The van der Waals surface area contributed by atoms with E-state index in [-0.39, 0.29) is 17.7 Å². The molecule has 2 nitrogen and oxygen atoms in total. The molecule has 2 aromatic rings. The highest BCUT2D eigenvalue weighted by atomic mass is 19.4. The van der Waals surface area contributed by atoms with Gasteiger partial charge in [0.25, 0.3) is 0 Å². The minimum Gasteiger partial charge on any atom is -0.405 e. The predicted molar refractivity (Wildman–Crippen MR) is 59.9 cm³/mol. The highest BCUT2D eigenvalue weighted by molar-refractivity contribution is 5.88. The van der Waals surface area contributed by atoms with Gasteiger partial charge in [-0.2, -0.15) is 5.26 Å². The lowest BCUT2D eigenvalue weighted by Crippen LogP contribution is -2.18. The summed E-state index contributed by atoms with van der Waals surface area (Å²) in [5.74, 6) is -0.317. The summed E-state index contributed by atoms with van der Waals surface area (Å²) in [6.45, 7) is 0. The Kier molecular flexibility index (Phi) is 3.11. The maximum absolute atomic E-state index is 12.3. The van der Waals surface area contributed by atoms with Gasteiger partial charge in [-0.25, -0.2) is 0 Å². The molecule has 0 aliphatic heterocycles. The molecule has 0 spiro atoms. The van der Waals surface area contributed by atoms with Crippen LogP contribution in [0.1, 0.15) is 5.56 Å². The fourth-order valence-corrected chi connectivity index (χ4v) is 1.80. The fraction of sp³-hybridized carbons (Fsp3) is 0.154. The third-order valence-electron chi connectivity index (χ3n) is 2.48. The molecular formula is C13H8F3NO. The zero-order chi connectivity index (χ0) is 13.2. The number of nitriles is 1. The topological polar surface area (TPSA) is 33.0 Å². The van der Waals surface area contributed by atoms with Crippen LogP contribution in [0.2, 0.25) is 0 Å². The molecule has 0 radical (unpaired) electrons. The van der Waals surface area contributed by atoms with Crippen molar-refractivity contribution in [2.24, 2.45) is 0 Å². The molecule has 0 bridgehead atoms. The predicted octanol–water partition coefficient (Wildman–Crippen LogP) is 3.80. The number of fused-ring (bicyclic) bond motifs is 1. The van der Waals surface area contributed by atoms with Crippen LogP contribution in [0.25, 0.3) is 10.8 Å². The zero-order valence-corrected chi connectivity index (χ0v) is 9.16. The second-order valence-corrected chi connectivity index (χ2v) is 3.65. The zero-order valence-electron chi connectivity index (χ0n) is 9.16. The maximum atomic E-state index is 12.3. The lowest BCUT2D eigenvalue weighted by molar-refractivity contribution is -0.274. The number of hydrogen-bond acceptors (Lipinski definition) is 2. The van der Waals surface area contributed by atoms with Crippen molar-refractivity contribution in [3.63, 3.8) is 0 Å². The Hall–Kier alpha value is -2.22. The number of hydrogen-bond donors (Lipinski definition) is 0. The van der Waals surface area contributed by atoms with Gasteiger partial charge in [-0.05, 0) is 16.8 Å². The maximum Gasteiger partial charge on any atom is 0.573 e. The first-order chi connectivity index (χ1) is 8.51. The number of ether oxygens (including phenoxy) is 1. The molecule has 2 rings (SSSR count). The summed E-state index contributed by atoms with van der Waals surface area (Å²) >= 11 is 0. The molecule has 18 heavy (non-hydrogen) atoms. The quantitative estimate of drug-likeness (QED) is 0.813. The standard InChI is InChI=1S/C13H8F3NO/c14-13(15,16)18-12-6-5-9-3-1-2-4-10(9)11(12)7-8-17/h1-6H,7H2. The van der Waals surface area contributed by atoms with Crippen molar-refractivity contribution < 1.29 is 17.9 Å². The summed E-state index contributed by atoms with van der Waals surface area (Å²) in [6, 6.07) is 11.6. The molecule has 0 saturated heterocycles. The van der Waals surface area contributed by atoms with Crippen LogP contribution >= 0.6 is 0 Å². The van der Waals surface area contributed by atoms with E-state index in [1.54, 1.807) is 24.3 Å². The summed E-state index contributed by atoms with van der Waals surface area (Å²) in [4.78, 5) is 0. The van der Waals surface area contributed by atoms with Gasteiger partial charge in [-0.15, -0.1) is 13.2 Å². The van der Waals surface area contributed by atoms with E-state index >= 15 is 0 Å². The molecule has 0 amide bonds. The molecule has 0 heterocycles. The Morgan fingerprint density at radius 1 is 1.11 bits per heavy atom. The molecule has 0 N–H and O–H groups in total. The van der Waals surface area contributed by atoms with Crippen LogP contribution in [0.4, 0.5) is 13.2 Å². The minimum absolute atomic E-state index is 0.132. The number of rotatable bonds is 2. The normalized spacial score (nSPS) is 11.2. The summed E-state index contributed by atoms with van der Waals surface area (Å²) in [7, 11) is 0. The van der Waals surface area contributed by atoms with Gasteiger partial charge < -0.3 is 4.74 Å². The molecule has 0 saturated carbocycles. The third-order valence-corrected chi connectivity index (χ3v) is 2.48. The molecule has 0 aliphatic rings. The van der Waals surface area contributed by atoms with Gasteiger partial charge in [0, 0.05) is 5.56 Å². The van der Waals surface area contributed by atoms with Crippen molar-refractivity contribution in [3.8, 4) is 11.8 Å². The largest absolute Gasteiger partial charge is 0.573 e. The molecule has 0 atom stereocenters. The van der Waals surface area contributed by atoms with E-state index in [0.717, 1.165) is 5.39 Å². The Labute approximate surface area is 101 Å². The fourth-order valence-electron chi connectivity index (χ4n) is 1.80. The Morgan fingerprint density at radius 3 is 2.50 bits per heavy atom. The van der Waals surface area contributed by atoms with Gasteiger partial charge in [-0.3, -0.25) is 0 Å². The van der Waals surface area contributed by atoms with Crippen LogP contribution in [0.3, 0.4) is 0 Å². The summed E-state index contributed by atoms with van der Waals surface area (Å²) in [6.07, 6.45) is -4.89. The van der Waals surface area contributed by atoms with Crippen molar-refractivity contribution in [1.82, 2.24) is 0 Å². The lowest BCUT2D eigenvalue weighted by Gasteiger charge is -2.13. The summed E-state index contributed by atoms with van der Waals surface area (Å²) in [5.41, 5.74) is 0.257. The molecule has 92 valence electrons. The van der Waals surface area contributed by atoms with E-state index in [1.807, 2.05) is 6.07 Å². The minimum atomic E-state index is -4.76. The van der Waals surface area contributed by atoms with E-state index in [4.69, 9.17) is 5.26 Å². The van der Waals surface area contributed by atoms with Crippen LogP contribution in [0, 0.1) is 11.3 Å². The van der Waals surface area contributed by atoms with Gasteiger partial charge in [0.15, 0.2) is 0 Å². The van der Waals surface area contributed by atoms with E-state index in [1.165, 1.54) is 12.1 Å².